The van der Waals surface area contributed by atoms with Crippen molar-refractivity contribution in [3.63, 3.8) is 0 Å². The van der Waals surface area contributed by atoms with Crippen LogP contribution in [0.3, 0.4) is 0 Å². The highest BCUT2D eigenvalue weighted by Crippen LogP contribution is 2.31. The molecule has 1 aromatic rings. The molecule has 82 valence electrons. The van der Waals surface area contributed by atoms with Gasteiger partial charge in [-0.15, -0.1) is 0 Å². The summed E-state index contributed by atoms with van der Waals surface area (Å²) < 4.78 is 4.71. The Morgan fingerprint density at radius 2 is 2.19 bits per heavy atom. The number of hydrogen-bond donors (Lipinski definition) is 1. The Hall–Kier alpha value is -2.53. The summed E-state index contributed by atoms with van der Waals surface area (Å²) >= 11 is 0. The van der Waals surface area contributed by atoms with E-state index >= 15 is 0 Å². The van der Waals surface area contributed by atoms with Gasteiger partial charge in [-0.3, -0.25) is 4.79 Å². The highest BCUT2D eigenvalue weighted by molar-refractivity contribution is 5.94. The summed E-state index contributed by atoms with van der Waals surface area (Å²) in [7, 11) is 0. The largest absolute Gasteiger partial charge is 0.478 e. The van der Waals surface area contributed by atoms with Crippen LogP contribution in [0.15, 0.2) is 23.3 Å². The number of carboxylic acids is 1. The van der Waals surface area contributed by atoms with Crippen molar-refractivity contribution in [2.75, 3.05) is 0 Å². The maximum Gasteiger partial charge on any atom is 0.339 e. The second-order valence-electron chi connectivity index (χ2n) is 2.74. The third-order valence-electron chi connectivity index (χ3n) is 1.62. The lowest BCUT2D eigenvalue weighted by molar-refractivity contribution is -0.131. The lowest BCUT2D eigenvalue weighted by atomic mass is 10.2. The molecule has 7 nitrogen and oxygen atoms in total. The molecule has 0 amide bonds. The fourth-order valence-electron chi connectivity index (χ4n) is 1.07. The molecule has 0 bridgehead atoms. The number of azide groups is 1. The second-order valence-corrected chi connectivity index (χ2v) is 2.74. The quantitative estimate of drug-likeness (QED) is 0.277. The first-order chi connectivity index (χ1) is 7.56. The Morgan fingerprint density at radius 3 is 2.69 bits per heavy atom. The van der Waals surface area contributed by atoms with E-state index in [1.165, 1.54) is 18.2 Å². The van der Waals surface area contributed by atoms with Crippen LogP contribution in [0.5, 0.6) is 5.75 Å². The van der Waals surface area contributed by atoms with Crippen LogP contribution in [-0.4, -0.2) is 17.0 Å². The molecule has 0 aliphatic heterocycles. The first kappa shape index (κ1) is 11.5. The van der Waals surface area contributed by atoms with E-state index in [2.05, 4.69) is 10.0 Å². The van der Waals surface area contributed by atoms with Crippen molar-refractivity contribution in [2.24, 2.45) is 5.11 Å². The molecule has 0 aromatic heterocycles. The van der Waals surface area contributed by atoms with Crippen LogP contribution < -0.4 is 4.74 Å². The zero-order valence-corrected chi connectivity index (χ0v) is 8.25. The van der Waals surface area contributed by atoms with Gasteiger partial charge in [-0.25, -0.2) is 4.79 Å². The van der Waals surface area contributed by atoms with E-state index in [-0.39, 0.29) is 17.0 Å². The summed E-state index contributed by atoms with van der Waals surface area (Å²) in [5.41, 5.74) is 8.00. The molecule has 1 N–H and O–H groups in total. The number of hydrogen-bond acceptors (Lipinski definition) is 4. The van der Waals surface area contributed by atoms with Gasteiger partial charge >= 0.3 is 11.9 Å². The number of rotatable bonds is 3. The van der Waals surface area contributed by atoms with Crippen LogP contribution in [0.1, 0.15) is 17.3 Å². The van der Waals surface area contributed by atoms with E-state index in [0.717, 1.165) is 6.92 Å². The molecule has 16 heavy (non-hydrogen) atoms. The van der Waals surface area contributed by atoms with Crippen molar-refractivity contribution in [2.45, 2.75) is 6.92 Å². The number of para-hydroxylation sites is 1. The van der Waals surface area contributed by atoms with Gasteiger partial charge in [0, 0.05) is 11.8 Å². The number of carboxylic acid groups (broad SMARTS) is 1. The van der Waals surface area contributed by atoms with E-state index in [1.807, 2.05) is 0 Å². The minimum Gasteiger partial charge on any atom is -0.478 e. The molecule has 0 saturated carbocycles. The van der Waals surface area contributed by atoms with Crippen LogP contribution in [0.2, 0.25) is 0 Å². The van der Waals surface area contributed by atoms with Gasteiger partial charge in [0.1, 0.15) is 5.56 Å². The standard InChI is InChI=1S/C9H7N3O4/c1-5(13)16-8-6(9(14)15)3-2-4-7(8)11-12-10/h2-4H,1H3,(H,14,15). The molecule has 0 spiro atoms. The number of nitrogens with zero attached hydrogens (tertiary/aromatic N) is 3. The number of ether oxygens (including phenoxy) is 1. The van der Waals surface area contributed by atoms with Gasteiger partial charge in [-0.05, 0) is 17.7 Å². The molecule has 1 rings (SSSR count). The summed E-state index contributed by atoms with van der Waals surface area (Å²) in [6.07, 6.45) is 0. The maximum atomic E-state index is 10.8. The fraction of sp³-hybridized carbons (Fsp3) is 0.111. The molecule has 0 unspecified atom stereocenters. The van der Waals surface area contributed by atoms with Crippen molar-refractivity contribution < 1.29 is 19.4 Å². The van der Waals surface area contributed by atoms with Crippen molar-refractivity contribution in [3.05, 3.63) is 34.2 Å². The summed E-state index contributed by atoms with van der Waals surface area (Å²) in [5, 5.41) is 12.1. The number of carbonyl (C=O) groups excluding carboxylic acids is 1. The summed E-state index contributed by atoms with van der Waals surface area (Å²) in [6.45, 7) is 1.12. The lowest BCUT2D eigenvalue weighted by Crippen LogP contribution is -2.07. The number of carbonyl (C=O) groups is 2. The third-order valence-corrected chi connectivity index (χ3v) is 1.62. The first-order valence-corrected chi connectivity index (χ1v) is 4.16. The molecule has 7 heteroatoms. The molecule has 0 heterocycles. The van der Waals surface area contributed by atoms with Gasteiger partial charge < -0.3 is 9.84 Å². The predicted octanol–water partition coefficient (Wildman–Crippen LogP) is 2.25. The second kappa shape index (κ2) is 4.81. The summed E-state index contributed by atoms with van der Waals surface area (Å²) in [4.78, 5) is 24.1. The number of benzene rings is 1. The lowest BCUT2D eigenvalue weighted by Gasteiger charge is -2.07. The molecule has 0 saturated heterocycles. The van der Waals surface area contributed by atoms with E-state index in [4.69, 9.17) is 15.4 Å². The average molecular weight is 221 g/mol. The van der Waals surface area contributed by atoms with Crippen molar-refractivity contribution in [1.29, 1.82) is 0 Å². The minimum absolute atomic E-state index is 0.0439. The van der Waals surface area contributed by atoms with Gasteiger partial charge in [-0.1, -0.05) is 11.2 Å². The highest BCUT2D eigenvalue weighted by atomic mass is 16.5. The van der Waals surface area contributed by atoms with Crippen LogP contribution >= 0.6 is 0 Å². The van der Waals surface area contributed by atoms with Gasteiger partial charge in [-0.2, -0.15) is 0 Å². The van der Waals surface area contributed by atoms with Gasteiger partial charge in [0.15, 0.2) is 5.75 Å². The van der Waals surface area contributed by atoms with Crippen molar-refractivity contribution >= 4 is 17.6 Å². The molecular formula is C9H7N3O4. The van der Waals surface area contributed by atoms with Gasteiger partial charge in [0.05, 0.1) is 5.69 Å². The van der Waals surface area contributed by atoms with Crippen LogP contribution in [0.4, 0.5) is 5.69 Å². The predicted molar refractivity (Wildman–Crippen MR) is 53.5 cm³/mol. The highest BCUT2D eigenvalue weighted by Gasteiger charge is 2.16. The smallest absolute Gasteiger partial charge is 0.339 e. The van der Waals surface area contributed by atoms with E-state index in [0.29, 0.717) is 0 Å². The average Bonchev–Trinajstić information content (AvgIpc) is 2.19. The topological polar surface area (TPSA) is 112 Å². The van der Waals surface area contributed by atoms with Gasteiger partial charge in [0.25, 0.3) is 0 Å². The Kier molecular flexibility index (Phi) is 3.47. The van der Waals surface area contributed by atoms with E-state index in [1.54, 1.807) is 0 Å². The van der Waals surface area contributed by atoms with Gasteiger partial charge in [0.2, 0.25) is 0 Å². The van der Waals surface area contributed by atoms with Crippen LogP contribution in [0, 0.1) is 0 Å². The molecule has 0 aliphatic rings. The molecule has 0 atom stereocenters. The Balaban J connectivity index is 3.39. The van der Waals surface area contributed by atoms with E-state index < -0.39 is 11.9 Å². The summed E-state index contributed by atoms with van der Waals surface area (Å²) in [6, 6.07) is 3.99. The molecule has 0 radical (unpaired) electrons. The number of esters is 1. The van der Waals surface area contributed by atoms with Crippen molar-refractivity contribution in [1.82, 2.24) is 0 Å². The van der Waals surface area contributed by atoms with Crippen molar-refractivity contribution in [3.8, 4) is 5.75 Å². The molecule has 0 aliphatic carbocycles. The monoisotopic (exact) mass is 221 g/mol. The zero-order valence-electron chi connectivity index (χ0n) is 8.25. The minimum atomic E-state index is -1.27. The van der Waals surface area contributed by atoms with E-state index in [9.17, 15) is 9.59 Å². The summed E-state index contributed by atoms with van der Waals surface area (Å²) in [5.74, 6) is -2.21. The third kappa shape index (κ3) is 2.49. The van der Waals surface area contributed by atoms with Crippen LogP contribution in [0.25, 0.3) is 10.4 Å². The zero-order chi connectivity index (χ0) is 12.1. The number of aromatic carboxylic acids is 1. The Labute approximate surface area is 89.9 Å². The fourth-order valence-corrected chi connectivity index (χ4v) is 1.07. The molecule has 0 fully saturated rings. The Bertz CT molecular complexity index is 471. The molecule has 1 aromatic carbocycles. The van der Waals surface area contributed by atoms with Crippen LogP contribution in [-0.2, 0) is 4.79 Å². The Morgan fingerprint density at radius 1 is 1.50 bits per heavy atom. The SMILES string of the molecule is CC(=O)Oc1c(N=[N+]=[N-])cccc1C(=O)O. The normalized spacial score (nSPS) is 9.06. The first-order valence-electron chi connectivity index (χ1n) is 4.16. The maximum absolute atomic E-state index is 10.8. The molecular weight excluding hydrogens is 214 g/mol.